The van der Waals surface area contributed by atoms with Crippen molar-refractivity contribution in [1.29, 1.82) is 0 Å². The maximum absolute atomic E-state index is 12.7. The second-order valence-corrected chi connectivity index (χ2v) is 6.60. The summed E-state index contributed by atoms with van der Waals surface area (Å²) in [4.78, 5) is 28.6. The zero-order valence-corrected chi connectivity index (χ0v) is 18.1. The van der Waals surface area contributed by atoms with Crippen molar-refractivity contribution in [2.24, 2.45) is 0 Å². The molecule has 0 N–H and O–H groups in total. The number of hydrogen-bond donors (Lipinski definition) is 0. The molecule has 0 aliphatic carbocycles. The minimum absolute atomic E-state index is 0.0395. The SMILES string of the molecule is C=C1CCN(C(C)(C)c2cccn(C(C)C)c2=O)C(=O)N1C.CC.CC. The normalized spacial score (nSPS) is 14.5. The molecule has 5 heteroatoms. The van der Waals surface area contributed by atoms with Crippen LogP contribution in [0.2, 0.25) is 0 Å². The van der Waals surface area contributed by atoms with Crippen molar-refractivity contribution in [3.63, 3.8) is 0 Å². The van der Waals surface area contributed by atoms with Gasteiger partial charge in [0.15, 0.2) is 0 Å². The van der Waals surface area contributed by atoms with E-state index >= 15 is 0 Å². The Morgan fingerprint density at radius 1 is 1.12 bits per heavy atom. The number of amides is 2. The van der Waals surface area contributed by atoms with Gasteiger partial charge in [-0.05, 0) is 39.8 Å². The van der Waals surface area contributed by atoms with E-state index in [0.717, 1.165) is 12.1 Å². The molecule has 5 nitrogen and oxygen atoms in total. The summed E-state index contributed by atoms with van der Waals surface area (Å²) in [5, 5.41) is 0. The zero-order chi connectivity index (χ0) is 20.7. The summed E-state index contributed by atoms with van der Waals surface area (Å²) in [5.74, 6) is 0. The van der Waals surface area contributed by atoms with Gasteiger partial charge >= 0.3 is 6.03 Å². The third-order valence-electron chi connectivity index (χ3n) is 4.48. The first-order chi connectivity index (χ1) is 12.2. The lowest BCUT2D eigenvalue weighted by molar-refractivity contribution is 0.0973. The van der Waals surface area contributed by atoms with Gasteiger partial charge in [-0.15, -0.1) is 0 Å². The number of carbonyl (C=O) groups excluding carboxylic acids is 1. The highest BCUT2D eigenvalue weighted by Crippen LogP contribution is 2.30. The molecular weight excluding hydrogens is 326 g/mol. The maximum atomic E-state index is 12.7. The van der Waals surface area contributed by atoms with Crippen LogP contribution in [0.4, 0.5) is 4.79 Å². The number of hydrogen-bond acceptors (Lipinski definition) is 2. The Balaban J connectivity index is 0.00000146. The summed E-state index contributed by atoms with van der Waals surface area (Å²) < 4.78 is 1.70. The van der Waals surface area contributed by atoms with Crippen molar-refractivity contribution in [3.05, 3.63) is 46.5 Å². The summed E-state index contributed by atoms with van der Waals surface area (Å²) in [6.07, 6.45) is 2.51. The molecule has 2 amide bonds. The molecule has 26 heavy (non-hydrogen) atoms. The highest BCUT2D eigenvalue weighted by atomic mass is 16.2. The monoisotopic (exact) mass is 363 g/mol. The largest absolute Gasteiger partial charge is 0.324 e. The molecule has 0 bridgehead atoms. The molecule has 1 aromatic heterocycles. The number of pyridine rings is 1. The second kappa shape index (κ2) is 10.2. The van der Waals surface area contributed by atoms with Gasteiger partial charge in [0.25, 0.3) is 5.56 Å². The predicted octanol–water partition coefficient (Wildman–Crippen LogP) is 4.99. The molecule has 0 saturated carbocycles. The molecule has 1 aromatic rings. The molecule has 0 atom stereocenters. The first-order valence-corrected chi connectivity index (χ1v) is 9.62. The summed E-state index contributed by atoms with van der Waals surface area (Å²) in [6.45, 7) is 20.3. The van der Waals surface area contributed by atoms with Crippen LogP contribution in [0.25, 0.3) is 0 Å². The zero-order valence-electron chi connectivity index (χ0n) is 18.1. The topological polar surface area (TPSA) is 45.6 Å². The van der Waals surface area contributed by atoms with Crippen molar-refractivity contribution in [2.45, 2.75) is 73.4 Å². The van der Waals surface area contributed by atoms with Crippen LogP contribution in [0.5, 0.6) is 0 Å². The molecule has 1 aliphatic heterocycles. The van der Waals surface area contributed by atoms with E-state index in [0.29, 0.717) is 12.1 Å². The van der Waals surface area contributed by atoms with Crippen LogP contribution >= 0.6 is 0 Å². The van der Waals surface area contributed by atoms with E-state index in [1.807, 2.05) is 67.5 Å². The Morgan fingerprint density at radius 3 is 2.15 bits per heavy atom. The van der Waals surface area contributed by atoms with Crippen LogP contribution in [0.3, 0.4) is 0 Å². The molecule has 1 aliphatic rings. The number of urea groups is 1. The van der Waals surface area contributed by atoms with Gasteiger partial charge < -0.3 is 14.4 Å². The van der Waals surface area contributed by atoms with Gasteiger partial charge in [0, 0.05) is 43.5 Å². The third-order valence-corrected chi connectivity index (χ3v) is 4.48. The molecule has 2 heterocycles. The Bertz CT molecular complexity index is 659. The minimum Gasteiger partial charge on any atom is -0.315 e. The maximum Gasteiger partial charge on any atom is 0.324 e. The lowest BCUT2D eigenvalue weighted by Crippen LogP contribution is -2.55. The molecule has 1 saturated heterocycles. The van der Waals surface area contributed by atoms with Crippen molar-refractivity contribution in [2.75, 3.05) is 13.6 Å². The van der Waals surface area contributed by atoms with E-state index in [4.69, 9.17) is 0 Å². The van der Waals surface area contributed by atoms with Crippen molar-refractivity contribution < 1.29 is 4.79 Å². The van der Waals surface area contributed by atoms with E-state index in [9.17, 15) is 9.59 Å². The van der Waals surface area contributed by atoms with Crippen molar-refractivity contribution in [3.8, 4) is 0 Å². The average Bonchev–Trinajstić information content (AvgIpc) is 2.62. The van der Waals surface area contributed by atoms with Gasteiger partial charge in [-0.3, -0.25) is 4.79 Å². The fourth-order valence-corrected chi connectivity index (χ4v) is 2.87. The lowest BCUT2D eigenvalue weighted by atomic mass is 9.92. The lowest BCUT2D eigenvalue weighted by Gasteiger charge is -2.44. The average molecular weight is 364 g/mol. The minimum atomic E-state index is -0.666. The van der Waals surface area contributed by atoms with E-state index in [1.165, 1.54) is 0 Å². The summed E-state index contributed by atoms with van der Waals surface area (Å²) in [7, 11) is 1.73. The van der Waals surface area contributed by atoms with Crippen LogP contribution < -0.4 is 5.56 Å². The van der Waals surface area contributed by atoms with Crippen LogP contribution in [-0.2, 0) is 5.54 Å². The van der Waals surface area contributed by atoms with Gasteiger partial charge in [0.2, 0.25) is 0 Å². The standard InChI is InChI=1S/C17H25N3O2.2C2H6/c1-12(2)19-10-7-8-14(15(19)21)17(4,5)20-11-9-13(3)18(6)16(20)22;2*1-2/h7-8,10,12H,3,9,11H2,1-2,4-6H3;2*1-2H3. The summed E-state index contributed by atoms with van der Waals surface area (Å²) in [6, 6.07) is 3.66. The van der Waals surface area contributed by atoms with Crippen LogP contribution in [0, 0.1) is 0 Å². The molecule has 0 unspecified atom stereocenters. The summed E-state index contributed by atoms with van der Waals surface area (Å²) >= 11 is 0. The van der Waals surface area contributed by atoms with E-state index in [1.54, 1.807) is 27.6 Å². The Kier molecular flexibility index (Phi) is 9.39. The first-order valence-electron chi connectivity index (χ1n) is 9.62. The smallest absolute Gasteiger partial charge is 0.315 e. The number of carbonyl (C=O) groups is 1. The number of aromatic nitrogens is 1. The first kappa shape index (κ1) is 24.0. The predicted molar refractivity (Wildman–Crippen MR) is 110 cm³/mol. The molecule has 1 fully saturated rings. The Hall–Kier alpha value is -2.04. The van der Waals surface area contributed by atoms with Gasteiger partial charge in [-0.2, -0.15) is 0 Å². The second-order valence-electron chi connectivity index (χ2n) is 6.60. The van der Waals surface area contributed by atoms with Crippen LogP contribution in [0.1, 0.15) is 73.4 Å². The van der Waals surface area contributed by atoms with Gasteiger partial charge in [-0.25, -0.2) is 4.79 Å². The molecule has 0 radical (unpaired) electrons. The summed E-state index contributed by atoms with van der Waals surface area (Å²) in [5.41, 5.74) is 0.742. The number of nitrogens with zero attached hydrogens (tertiary/aromatic N) is 3. The van der Waals surface area contributed by atoms with Crippen LogP contribution in [0.15, 0.2) is 35.4 Å². The third kappa shape index (κ3) is 4.77. The molecule has 2 rings (SSSR count). The Labute approximate surface area is 159 Å². The quantitative estimate of drug-likeness (QED) is 0.759. The van der Waals surface area contributed by atoms with Crippen molar-refractivity contribution >= 4 is 6.03 Å². The molecular formula is C21H37N3O2. The molecule has 148 valence electrons. The molecule has 0 spiro atoms. The highest BCUT2D eigenvalue weighted by Gasteiger charge is 2.39. The van der Waals surface area contributed by atoms with E-state index < -0.39 is 5.54 Å². The van der Waals surface area contributed by atoms with Gasteiger partial charge in [0.05, 0.1) is 5.54 Å². The fourth-order valence-electron chi connectivity index (χ4n) is 2.87. The highest BCUT2D eigenvalue weighted by molar-refractivity contribution is 5.78. The van der Waals surface area contributed by atoms with Crippen LogP contribution in [-0.4, -0.2) is 34.0 Å². The Morgan fingerprint density at radius 2 is 1.65 bits per heavy atom. The van der Waals surface area contributed by atoms with Gasteiger partial charge in [0.1, 0.15) is 0 Å². The van der Waals surface area contributed by atoms with Crippen molar-refractivity contribution in [1.82, 2.24) is 14.4 Å². The molecule has 0 aromatic carbocycles. The van der Waals surface area contributed by atoms with Gasteiger partial charge in [-0.1, -0.05) is 34.3 Å². The van der Waals surface area contributed by atoms with E-state index in [-0.39, 0.29) is 17.6 Å². The van der Waals surface area contributed by atoms with E-state index in [2.05, 4.69) is 6.58 Å². The number of rotatable bonds is 3. The fraction of sp³-hybridized carbons (Fsp3) is 0.619.